The molecule has 4 heteroatoms. The normalized spacial score (nSPS) is 12.7. The largest absolute Gasteiger partial charge is 0.308 e. The molecule has 0 unspecified atom stereocenters. The van der Waals surface area contributed by atoms with Crippen LogP contribution in [0.1, 0.15) is 39.9 Å². The molecule has 4 nitrogen and oxygen atoms in total. The van der Waals surface area contributed by atoms with E-state index < -0.39 is 0 Å². The van der Waals surface area contributed by atoms with Gasteiger partial charge in [-0.3, -0.25) is 0 Å². The van der Waals surface area contributed by atoms with Crippen molar-refractivity contribution in [1.29, 1.82) is 10.5 Å². The fraction of sp³-hybridized carbons (Fsp3) is 0.0732. The van der Waals surface area contributed by atoms with E-state index in [0.717, 1.165) is 73.4 Å². The minimum atomic E-state index is 0.502. The van der Waals surface area contributed by atoms with Gasteiger partial charge in [0.15, 0.2) is 0 Å². The summed E-state index contributed by atoms with van der Waals surface area (Å²) >= 11 is 0. The molecule has 0 saturated heterocycles. The second-order valence-electron chi connectivity index (χ2n) is 11.6. The highest BCUT2D eigenvalue weighted by Crippen LogP contribution is 2.41. The molecule has 0 N–H and O–H groups in total. The van der Waals surface area contributed by atoms with Gasteiger partial charge in [-0.25, -0.2) is 0 Å². The number of nitrogens with zero attached hydrogens (tertiary/aromatic N) is 4. The molecular weight excluding hydrogens is 548 g/mol. The van der Waals surface area contributed by atoms with E-state index in [1.807, 2.05) is 30.3 Å². The number of hydrogen-bond acceptors (Lipinski definition) is 2. The third kappa shape index (κ3) is 3.83. The van der Waals surface area contributed by atoms with E-state index >= 15 is 0 Å². The van der Waals surface area contributed by atoms with Crippen molar-refractivity contribution < 1.29 is 0 Å². The Balaban J connectivity index is 1.50. The lowest BCUT2D eigenvalue weighted by atomic mass is 9.99. The van der Waals surface area contributed by atoms with Gasteiger partial charge in [-0.1, -0.05) is 97.6 Å². The first kappa shape index (κ1) is 26.5. The van der Waals surface area contributed by atoms with Gasteiger partial charge in [0.05, 0.1) is 39.1 Å². The van der Waals surface area contributed by atoms with E-state index in [9.17, 15) is 10.5 Å². The average Bonchev–Trinajstić information content (AvgIpc) is 3.60. The number of rotatable bonds is 4. The van der Waals surface area contributed by atoms with Gasteiger partial charge in [0.1, 0.15) is 12.1 Å². The molecule has 0 aliphatic heterocycles. The highest BCUT2D eigenvalue weighted by molar-refractivity contribution is 6.12. The highest BCUT2D eigenvalue weighted by atomic mass is 15.0. The molecule has 1 aliphatic rings. The van der Waals surface area contributed by atoms with Crippen molar-refractivity contribution >= 4 is 55.6 Å². The van der Waals surface area contributed by atoms with Gasteiger partial charge < -0.3 is 9.13 Å². The molecule has 45 heavy (non-hydrogen) atoms. The Morgan fingerprint density at radius 3 is 2.24 bits per heavy atom. The lowest BCUT2D eigenvalue weighted by Crippen LogP contribution is -2.07. The number of nitriles is 2. The first-order valence-electron chi connectivity index (χ1n) is 15.2. The van der Waals surface area contributed by atoms with Crippen LogP contribution < -0.4 is 0 Å². The van der Waals surface area contributed by atoms with E-state index in [1.54, 1.807) is 6.08 Å². The van der Waals surface area contributed by atoms with Gasteiger partial charge in [-0.15, -0.1) is 0 Å². The maximum Gasteiger partial charge on any atom is 0.101 e. The Morgan fingerprint density at radius 1 is 0.756 bits per heavy atom. The molecule has 0 bridgehead atoms. The topological polar surface area (TPSA) is 57.4 Å². The number of aryl methyl sites for hydroxylation is 2. The smallest absolute Gasteiger partial charge is 0.101 e. The summed E-state index contributed by atoms with van der Waals surface area (Å²) in [6, 6.07) is 34.2. The monoisotopic (exact) mass is 576 g/mol. The summed E-state index contributed by atoms with van der Waals surface area (Å²) in [6.07, 6.45) is 12.1. The molecule has 1 aliphatic carbocycles. The summed E-state index contributed by atoms with van der Waals surface area (Å²) in [5.41, 5.74) is 10.00. The van der Waals surface area contributed by atoms with E-state index in [4.69, 9.17) is 0 Å². The maximum absolute atomic E-state index is 10.7. The predicted molar refractivity (Wildman–Crippen MR) is 186 cm³/mol. The van der Waals surface area contributed by atoms with Crippen molar-refractivity contribution in [3.8, 4) is 23.5 Å². The number of aromatic nitrogens is 2. The summed E-state index contributed by atoms with van der Waals surface area (Å²) in [5.74, 6) is 0. The van der Waals surface area contributed by atoms with Gasteiger partial charge in [0.2, 0.25) is 0 Å². The molecule has 2 heterocycles. The van der Waals surface area contributed by atoms with E-state index in [1.165, 1.54) is 10.9 Å². The van der Waals surface area contributed by atoms with Crippen molar-refractivity contribution in [1.82, 2.24) is 9.13 Å². The first-order chi connectivity index (χ1) is 22.1. The molecule has 0 radical (unpaired) electrons. The van der Waals surface area contributed by atoms with Gasteiger partial charge in [-0.05, 0) is 60.6 Å². The first-order valence-corrected chi connectivity index (χ1v) is 15.2. The molecule has 5 aromatic carbocycles. The van der Waals surface area contributed by atoms with Crippen LogP contribution >= 0.6 is 0 Å². The Hall–Kier alpha value is -6.10. The average molecular weight is 577 g/mol. The summed E-state index contributed by atoms with van der Waals surface area (Å²) in [6.45, 7) is 5.98. The van der Waals surface area contributed by atoms with Gasteiger partial charge in [0.25, 0.3) is 0 Å². The minimum absolute atomic E-state index is 0.502. The second-order valence-corrected chi connectivity index (χ2v) is 11.6. The minimum Gasteiger partial charge on any atom is -0.308 e. The summed E-state index contributed by atoms with van der Waals surface area (Å²) in [5, 5.41) is 27.1. The fourth-order valence-electron chi connectivity index (χ4n) is 7.18. The van der Waals surface area contributed by atoms with Crippen LogP contribution in [0, 0.1) is 29.6 Å². The lowest BCUT2D eigenvalue weighted by molar-refractivity contribution is 0.966. The standard InChI is InChI=1S/C41H28N4/c1-3-4-12-30-26(2)18-20-34-32-14-7-9-16-36(32)44(40(30)34)38-22-29(25-43)39(23-28(38)24-42)45-37-17-10-8-15-33(37)35-21-19-27-11-5-6-13-31(27)41(35)45/h3-7,9-14,16-23H,1,8,15H2,2H3/b12-4-. The predicted octanol–water partition coefficient (Wildman–Crippen LogP) is 10.1. The molecule has 7 aromatic rings. The third-order valence-electron chi connectivity index (χ3n) is 9.17. The third-order valence-corrected chi connectivity index (χ3v) is 9.17. The van der Waals surface area contributed by atoms with Crippen LogP contribution in [-0.4, -0.2) is 9.13 Å². The lowest BCUT2D eigenvalue weighted by Gasteiger charge is -2.18. The number of hydrogen-bond donors (Lipinski definition) is 0. The molecular formula is C41H28N4. The highest BCUT2D eigenvalue weighted by Gasteiger charge is 2.25. The van der Waals surface area contributed by atoms with Crippen molar-refractivity contribution in [2.24, 2.45) is 0 Å². The van der Waals surface area contributed by atoms with Crippen molar-refractivity contribution in [2.45, 2.75) is 19.8 Å². The molecule has 2 aromatic heterocycles. The Morgan fingerprint density at radius 2 is 1.47 bits per heavy atom. The Bertz CT molecular complexity index is 2540. The van der Waals surface area contributed by atoms with Crippen LogP contribution in [0.25, 0.3) is 67.0 Å². The van der Waals surface area contributed by atoms with Gasteiger partial charge >= 0.3 is 0 Å². The quantitative estimate of drug-likeness (QED) is 0.196. The van der Waals surface area contributed by atoms with Crippen LogP contribution in [0.3, 0.4) is 0 Å². The zero-order chi connectivity index (χ0) is 30.7. The summed E-state index contributed by atoms with van der Waals surface area (Å²) < 4.78 is 4.36. The van der Waals surface area contributed by atoms with E-state index in [-0.39, 0.29) is 0 Å². The number of para-hydroxylation sites is 1. The van der Waals surface area contributed by atoms with Crippen LogP contribution in [0.5, 0.6) is 0 Å². The molecule has 0 fully saturated rings. The zero-order valence-electron chi connectivity index (χ0n) is 24.9. The molecule has 8 rings (SSSR count). The number of fused-ring (bicyclic) bond motifs is 8. The fourth-order valence-corrected chi connectivity index (χ4v) is 7.18. The van der Waals surface area contributed by atoms with Crippen LogP contribution in [0.15, 0.2) is 110 Å². The summed E-state index contributed by atoms with van der Waals surface area (Å²) in [4.78, 5) is 0. The zero-order valence-corrected chi connectivity index (χ0v) is 24.9. The van der Waals surface area contributed by atoms with Crippen molar-refractivity contribution in [2.75, 3.05) is 0 Å². The van der Waals surface area contributed by atoms with E-state index in [0.29, 0.717) is 16.8 Å². The second kappa shape index (κ2) is 10.3. The van der Waals surface area contributed by atoms with Crippen molar-refractivity contribution in [3.05, 3.63) is 143 Å². The number of benzene rings is 5. The molecule has 0 spiro atoms. The Kier molecular flexibility index (Phi) is 6.05. The van der Waals surface area contributed by atoms with E-state index in [2.05, 4.69) is 114 Å². The SMILES string of the molecule is C=C/C=C\c1c(C)ccc2c3ccccc3n(-c3cc(C#N)c(-n4c5c(c6ccc7ccccc7c64)CCC=C5)cc3C#N)c12. The maximum atomic E-state index is 10.7. The van der Waals surface area contributed by atoms with Crippen molar-refractivity contribution in [3.63, 3.8) is 0 Å². The molecule has 0 atom stereocenters. The molecule has 0 amide bonds. The molecule has 0 saturated carbocycles. The Labute approximate surface area is 261 Å². The van der Waals surface area contributed by atoms with Crippen LogP contribution in [0.4, 0.5) is 0 Å². The van der Waals surface area contributed by atoms with Gasteiger partial charge in [0, 0.05) is 32.8 Å². The summed E-state index contributed by atoms with van der Waals surface area (Å²) in [7, 11) is 0. The van der Waals surface area contributed by atoms with Gasteiger partial charge in [-0.2, -0.15) is 10.5 Å². The molecule has 212 valence electrons. The number of allylic oxidation sites excluding steroid dienone is 3. The van der Waals surface area contributed by atoms with Crippen LogP contribution in [-0.2, 0) is 6.42 Å². The van der Waals surface area contributed by atoms with Crippen LogP contribution in [0.2, 0.25) is 0 Å².